The second-order valence-corrected chi connectivity index (χ2v) is 5.91. The Balaban J connectivity index is 1.94. The molecule has 0 saturated carbocycles. The van der Waals surface area contributed by atoms with Gasteiger partial charge in [0.2, 0.25) is 5.78 Å². The van der Waals surface area contributed by atoms with Crippen LogP contribution in [0.3, 0.4) is 0 Å². The molecule has 0 saturated heterocycles. The Kier molecular flexibility index (Phi) is 5.72. The van der Waals surface area contributed by atoms with Gasteiger partial charge in [0.25, 0.3) is 5.69 Å². The number of Topliss-reactive ketones (excluding diaryl/α,β-unsaturated/α-hetero) is 1. The predicted molar refractivity (Wildman–Crippen MR) is 106 cm³/mol. The van der Waals surface area contributed by atoms with E-state index in [1.807, 2.05) is 0 Å². The molecule has 0 fully saturated rings. The van der Waals surface area contributed by atoms with E-state index in [0.29, 0.717) is 16.8 Å². The number of non-ortho nitro benzene ring substituents is 1. The molecule has 0 aliphatic carbocycles. The van der Waals surface area contributed by atoms with Crippen LogP contribution in [0.4, 0.5) is 11.4 Å². The zero-order chi connectivity index (χ0) is 19.9. The summed E-state index contributed by atoms with van der Waals surface area (Å²) in [4.78, 5) is 35.8. The number of carbonyl (C=O) groups is 2. The molecular weight excluding hydrogens is 356 g/mol. The fraction of sp³-hybridized carbons (Fsp3) is 0. The van der Waals surface area contributed by atoms with Crippen LogP contribution >= 0.6 is 0 Å². The molecule has 3 aromatic carbocycles. The minimum atomic E-state index is -0.505. The van der Waals surface area contributed by atoms with Crippen LogP contribution in [-0.2, 0) is 0 Å². The average molecular weight is 372 g/mol. The number of allylic oxidation sites excluding steroid dienone is 2. The topological polar surface area (TPSA) is 89.3 Å². The first kappa shape index (κ1) is 18.7. The number of nitro benzene ring substituents is 1. The summed E-state index contributed by atoms with van der Waals surface area (Å²) in [6.45, 7) is 0. The molecule has 6 heteroatoms. The Morgan fingerprint density at radius 3 is 1.86 bits per heavy atom. The Morgan fingerprint density at radius 1 is 0.786 bits per heavy atom. The number of hydrogen-bond acceptors (Lipinski definition) is 5. The van der Waals surface area contributed by atoms with Gasteiger partial charge < -0.3 is 5.32 Å². The van der Waals surface area contributed by atoms with Crippen LogP contribution in [0, 0.1) is 10.1 Å². The van der Waals surface area contributed by atoms with Gasteiger partial charge >= 0.3 is 0 Å². The van der Waals surface area contributed by atoms with E-state index in [1.165, 1.54) is 30.3 Å². The van der Waals surface area contributed by atoms with Crippen molar-refractivity contribution >= 4 is 22.9 Å². The van der Waals surface area contributed by atoms with Crippen LogP contribution in [-0.4, -0.2) is 16.5 Å². The first-order valence-electron chi connectivity index (χ1n) is 8.47. The molecule has 3 rings (SSSR count). The van der Waals surface area contributed by atoms with Gasteiger partial charge in [0.1, 0.15) is 0 Å². The van der Waals surface area contributed by atoms with Crippen molar-refractivity contribution in [3.63, 3.8) is 0 Å². The van der Waals surface area contributed by atoms with Crippen LogP contribution < -0.4 is 5.32 Å². The second kappa shape index (κ2) is 8.55. The highest BCUT2D eigenvalue weighted by Gasteiger charge is 2.15. The predicted octanol–water partition coefficient (Wildman–Crippen LogP) is 4.66. The zero-order valence-corrected chi connectivity index (χ0v) is 14.7. The normalized spacial score (nSPS) is 10.9. The monoisotopic (exact) mass is 372 g/mol. The summed E-state index contributed by atoms with van der Waals surface area (Å²) in [5.41, 5.74) is 1.34. The number of nitro groups is 1. The van der Waals surface area contributed by atoms with Gasteiger partial charge in [-0.1, -0.05) is 60.7 Å². The summed E-state index contributed by atoms with van der Waals surface area (Å²) in [6.07, 6.45) is 1.24. The van der Waals surface area contributed by atoms with Gasteiger partial charge in [-0.25, -0.2) is 0 Å². The summed E-state index contributed by atoms with van der Waals surface area (Å²) >= 11 is 0. The van der Waals surface area contributed by atoms with Crippen molar-refractivity contribution in [2.45, 2.75) is 0 Å². The SMILES string of the molecule is O=C(/C=C(/Nc1ccc([N+](=O)[O-])cc1)C(=O)c1ccccc1)c1ccccc1. The average Bonchev–Trinajstić information content (AvgIpc) is 2.74. The molecule has 0 unspecified atom stereocenters. The molecular formula is C22H16N2O4. The van der Waals surface area contributed by atoms with Crippen LogP contribution in [0.5, 0.6) is 0 Å². The Morgan fingerprint density at radius 2 is 1.32 bits per heavy atom. The van der Waals surface area contributed by atoms with E-state index < -0.39 is 4.92 Å². The van der Waals surface area contributed by atoms with Crippen LogP contribution in [0.1, 0.15) is 20.7 Å². The minimum Gasteiger partial charge on any atom is -0.352 e. The molecule has 0 spiro atoms. The molecule has 28 heavy (non-hydrogen) atoms. The van der Waals surface area contributed by atoms with E-state index in [0.717, 1.165) is 0 Å². The largest absolute Gasteiger partial charge is 0.352 e. The fourth-order valence-corrected chi connectivity index (χ4v) is 2.54. The van der Waals surface area contributed by atoms with Crippen LogP contribution in [0.2, 0.25) is 0 Å². The number of anilines is 1. The van der Waals surface area contributed by atoms with Crippen molar-refractivity contribution in [2.24, 2.45) is 0 Å². The number of nitrogens with one attached hydrogen (secondary N) is 1. The number of rotatable bonds is 7. The van der Waals surface area contributed by atoms with E-state index in [9.17, 15) is 19.7 Å². The summed E-state index contributed by atoms with van der Waals surface area (Å²) in [7, 11) is 0. The summed E-state index contributed by atoms with van der Waals surface area (Å²) in [6, 6.07) is 22.8. The van der Waals surface area contributed by atoms with E-state index in [2.05, 4.69) is 5.32 Å². The third kappa shape index (κ3) is 4.56. The van der Waals surface area contributed by atoms with Crippen molar-refractivity contribution < 1.29 is 14.5 Å². The highest BCUT2D eigenvalue weighted by Crippen LogP contribution is 2.19. The lowest BCUT2D eigenvalue weighted by molar-refractivity contribution is -0.384. The summed E-state index contributed by atoms with van der Waals surface area (Å²) in [5.74, 6) is -0.683. The molecule has 138 valence electrons. The molecule has 0 aromatic heterocycles. The Bertz CT molecular complexity index is 1030. The maximum Gasteiger partial charge on any atom is 0.269 e. The third-order valence-corrected chi connectivity index (χ3v) is 3.97. The Labute approximate surface area is 161 Å². The van der Waals surface area contributed by atoms with Gasteiger partial charge in [-0.2, -0.15) is 0 Å². The van der Waals surface area contributed by atoms with Crippen molar-refractivity contribution in [3.05, 3.63) is 118 Å². The molecule has 0 amide bonds. The standard InChI is InChI=1S/C22H16N2O4/c25-21(16-7-3-1-4-8-16)15-20(22(26)17-9-5-2-6-10-17)23-18-11-13-19(14-12-18)24(27)28/h1-15,23H/b20-15+. The van der Waals surface area contributed by atoms with Gasteiger partial charge in [-0.15, -0.1) is 0 Å². The lowest BCUT2D eigenvalue weighted by atomic mass is 10.0. The highest BCUT2D eigenvalue weighted by molar-refractivity contribution is 6.16. The van der Waals surface area contributed by atoms with Crippen molar-refractivity contribution in [1.82, 2.24) is 0 Å². The zero-order valence-electron chi connectivity index (χ0n) is 14.7. The number of carbonyl (C=O) groups excluding carboxylic acids is 2. The second-order valence-electron chi connectivity index (χ2n) is 5.91. The molecule has 0 heterocycles. The quantitative estimate of drug-likeness (QED) is 0.282. The van der Waals surface area contributed by atoms with Gasteiger partial charge in [0, 0.05) is 35.0 Å². The molecule has 1 N–H and O–H groups in total. The third-order valence-electron chi connectivity index (χ3n) is 3.97. The van der Waals surface area contributed by atoms with Crippen molar-refractivity contribution in [3.8, 4) is 0 Å². The van der Waals surface area contributed by atoms with Gasteiger partial charge in [0.05, 0.1) is 10.6 Å². The molecule has 0 radical (unpaired) electrons. The summed E-state index contributed by atoms with van der Waals surface area (Å²) < 4.78 is 0. The van der Waals surface area contributed by atoms with Gasteiger partial charge in [-0.3, -0.25) is 19.7 Å². The molecule has 0 atom stereocenters. The van der Waals surface area contributed by atoms with Crippen LogP contribution in [0.15, 0.2) is 96.7 Å². The fourth-order valence-electron chi connectivity index (χ4n) is 2.54. The smallest absolute Gasteiger partial charge is 0.269 e. The number of benzene rings is 3. The lowest BCUT2D eigenvalue weighted by Crippen LogP contribution is -2.14. The first-order chi connectivity index (χ1) is 13.5. The molecule has 0 aliphatic rings. The molecule has 6 nitrogen and oxygen atoms in total. The molecule has 3 aromatic rings. The Hall–Kier alpha value is -4.06. The van der Waals surface area contributed by atoms with Gasteiger partial charge in [-0.05, 0) is 12.1 Å². The van der Waals surface area contributed by atoms with E-state index in [1.54, 1.807) is 60.7 Å². The van der Waals surface area contributed by atoms with Crippen LogP contribution in [0.25, 0.3) is 0 Å². The number of hydrogen-bond donors (Lipinski definition) is 1. The maximum absolute atomic E-state index is 12.9. The number of ketones is 2. The van der Waals surface area contributed by atoms with Crippen molar-refractivity contribution in [1.29, 1.82) is 0 Å². The van der Waals surface area contributed by atoms with E-state index >= 15 is 0 Å². The van der Waals surface area contributed by atoms with Gasteiger partial charge in [0.15, 0.2) is 5.78 Å². The molecule has 0 bridgehead atoms. The highest BCUT2D eigenvalue weighted by atomic mass is 16.6. The first-order valence-corrected chi connectivity index (χ1v) is 8.47. The minimum absolute atomic E-state index is 0.0640. The van der Waals surface area contributed by atoms with Crippen molar-refractivity contribution in [2.75, 3.05) is 5.32 Å². The van der Waals surface area contributed by atoms with E-state index in [4.69, 9.17) is 0 Å². The maximum atomic E-state index is 12.9. The number of nitrogens with zero attached hydrogens (tertiary/aromatic N) is 1. The molecule has 0 aliphatic heterocycles. The lowest BCUT2D eigenvalue weighted by Gasteiger charge is -2.10. The summed E-state index contributed by atoms with van der Waals surface area (Å²) in [5, 5.41) is 13.7. The van der Waals surface area contributed by atoms with E-state index in [-0.39, 0.29) is 23.0 Å².